The van der Waals surface area contributed by atoms with Crippen molar-refractivity contribution >= 4 is 11.8 Å². The highest BCUT2D eigenvalue weighted by Crippen LogP contribution is 2.25. The number of likely N-dealkylation sites (tertiary alicyclic amines) is 1. The Hall–Kier alpha value is -1.84. The molecule has 1 amide bonds. The summed E-state index contributed by atoms with van der Waals surface area (Å²) in [6.45, 7) is 7.02. The van der Waals surface area contributed by atoms with Gasteiger partial charge in [-0.3, -0.25) is 15.0 Å². The highest BCUT2D eigenvalue weighted by atomic mass is 16.4. The SMILES string of the molecule is Cc1oc(NC(=O)CN2CCC(C)C(O)C2)c(C#N)c1C. The molecule has 2 rings (SSSR count). The molecule has 0 spiro atoms. The number of hydrogen-bond donors (Lipinski definition) is 2. The Kier molecular flexibility index (Phi) is 4.66. The molecule has 0 bridgehead atoms. The first-order valence-corrected chi connectivity index (χ1v) is 7.12. The number of furan rings is 1. The summed E-state index contributed by atoms with van der Waals surface area (Å²) in [5.74, 6) is 0.874. The van der Waals surface area contributed by atoms with Crippen LogP contribution in [0, 0.1) is 31.1 Å². The Labute approximate surface area is 124 Å². The summed E-state index contributed by atoms with van der Waals surface area (Å²) in [5, 5.41) is 21.6. The molecule has 1 aromatic rings. The van der Waals surface area contributed by atoms with Crippen molar-refractivity contribution in [2.75, 3.05) is 25.0 Å². The third kappa shape index (κ3) is 3.43. The van der Waals surface area contributed by atoms with Gasteiger partial charge in [-0.25, -0.2) is 0 Å². The van der Waals surface area contributed by atoms with Gasteiger partial charge >= 0.3 is 0 Å². The number of hydrogen-bond acceptors (Lipinski definition) is 5. The van der Waals surface area contributed by atoms with E-state index < -0.39 is 6.10 Å². The monoisotopic (exact) mass is 291 g/mol. The number of aliphatic hydroxyl groups excluding tert-OH is 1. The van der Waals surface area contributed by atoms with Crippen molar-refractivity contribution in [3.63, 3.8) is 0 Å². The van der Waals surface area contributed by atoms with Crippen LogP contribution in [0.3, 0.4) is 0 Å². The maximum Gasteiger partial charge on any atom is 0.240 e. The van der Waals surface area contributed by atoms with E-state index >= 15 is 0 Å². The number of anilines is 1. The summed E-state index contributed by atoms with van der Waals surface area (Å²) in [6, 6.07) is 2.04. The number of β-amino-alcohol motifs (C(OH)–C–C–N with tert-alkyl or cyclic N) is 1. The van der Waals surface area contributed by atoms with Crippen LogP contribution in [0.4, 0.5) is 5.88 Å². The van der Waals surface area contributed by atoms with Crippen molar-refractivity contribution in [3.05, 3.63) is 16.9 Å². The van der Waals surface area contributed by atoms with E-state index in [-0.39, 0.29) is 24.3 Å². The molecule has 21 heavy (non-hydrogen) atoms. The van der Waals surface area contributed by atoms with Crippen molar-refractivity contribution in [2.24, 2.45) is 5.92 Å². The van der Waals surface area contributed by atoms with Gasteiger partial charge in [0.05, 0.1) is 12.6 Å². The van der Waals surface area contributed by atoms with Gasteiger partial charge in [0.2, 0.25) is 11.8 Å². The van der Waals surface area contributed by atoms with Crippen molar-refractivity contribution in [1.29, 1.82) is 5.26 Å². The lowest BCUT2D eigenvalue weighted by Gasteiger charge is -2.33. The fourth-order valence-electron chi connectivity index (χ4n) is 2.48. The Morgan fingerprint density at radius 1 is 1.57 bits per heavy atom. The average molecular weight is 291 g/mol. The first kappa shape index (κ1) is 15.5. The number of piperidine rings is 1. The zero-order valence-electron chi connectivity index (χ0n) is 12.6. The average Bonchev–Trinajstić information content (AvgIpc) is 2.68. The van der Waals surface area contributed by atoms with E-state index in [4.69, 9.17) is 9.68 Å². The van der Waals surface area contributed by atoms with E-state index in [2.05, 4.69) is 5.32 Å². The van der Waals surface area contributed by atoms with Crippen molar-refractivity contribution in [1.82, 2.24) is 4.90 Å². The minimum absolute atomic E-state index is 0.188. The van der Waals surface area contributed by atoms with Gasteiger partial charge in [-0.1, -0.05) is 6.92 Å². The maximum absolute atomic E-state index is 12.1. The molecule has 0 aromatic carbocycles. The molecule has 6 heteroatoms. The first-order chi connectivity index (χ1) is 9.92. The number of aliphatic hydroxyl groups is 1. The van der Waals surface area contributed by atoms with Crippen LogP contribution in [0.5, 0.6) is 0 Å². The van der Waals surface area contributed by atoms with Crippen LogP contribution in [-0.4, -0.2) is 41.7 Å². The van der Waals surface area contributed by atoms with Crippen LogP contribution >= 0.6 is 0 Å². The Bertz CT molecular complexity index is 573. The third-order valence-corrected chi connectivity index (χ3v) is 4.12. The summed E-state index contributed by atoms with van der Waals surface area (Å²) >= 11 is 0. The van der Waals surface area contributed by atoms with Crippen molar-refractivity contribution < 1.29 is 14.3 Å². The van der Waals surface area contributed by atoms with Crippen LogP contribution in [0.25, 0.3) is 0 Å². The van der Waals surface area contributed by atoms with Crippen LogP contribution in [-0.2, 0) is 4.79 Å². The van der Waals surface area contributed by atoms with Crippen molar-refractivity contribution in [3.8, 4) is 6.07 Å². The summed E-state index contributed by atoms with van der Waals surface area (Å²) in [5.41, 5.74) is 1.11. The van der Waals surface area contributed by atoms with E-state index in [1.807, 2.05) is 17.9 Å². The zero-order chi connectivity index (χ0) is 15.6. The molecule has 2 heterocycles. The van der Waals surface area contributed by atoms with E-state index in [1.54, 1.807) is 13.8 Å². The summed E-state index contributed by atoms with van der Waals surface area (Å²) in [6.07, 6.45) is 0.478. The molecule has 0 radical (unpaired) electrons. The molecule has 1 fully saturated rings. The Morgan fingerprint density at radius 3 is 2.90 bits per heavy atom. The number of nitrogens with zero attached hydrogens (tertiary/aromatic N) is 2. The summed E-state index contributed by atoms with van der Waals surface area (Å²) in [7, 11) is 0. The molecule has 0 saturated carbocycles. The van der Waals surface area contributed by atoms with Gasteiger partial charge in [0, 0.05) is 12.1 Å². The van der Waals surface area contributed by atoms with Gasteiger partial charge in [-0.05, 0) is 32.7 Å². The first-order valence-electron chi connectivity index (χ1n) is 7.12. The lowest BCUT2D eigenvalue weighted by Crippen LogP contribution is -2.45. The number of nitriles is 1. The van der Waals surface area contributed by atoms with Crippen LogP contribution in [0.15, 0.2) is 4.42 Å². The molecule has 1 aliphatic rings. The van der Waals surface area contributed by atoms with Gasteiger partial charge in [-0.15, -0.1) is 0 Å². The third-order valence-electron chi connectivity index (χ3n) is 4.12. The van der Waals surface area contributed by atoms with E-state index in [0.29, 0.717) is 17.9 Å². The molecule has 114 valence electrons. The van der Waals surface area contributed by atoms with Crippen molar-refractivity contribution in [2.45, 2.75) is 33.3 Å². The normalized spacial score (nSPS) is 22.8. The molecule has 2 N–H and O–H groups in total. The standard InChI is InChI=1S/C15H21N3O3/c1-9-4-5-18(7-13(9)19)8-14(20)17-15-12(6-16)10(2)11(3)21-15/h9,13,19H,4-5,7-8H2,1-3H3,(H,17,20). The number of carbonyl (C=O) groups excluding carboxylic acids is 1. The molecular formula is C15H21N3O3. The fourth-order valence-corrected chi connectivity index (χ4v) is 2.48. The van der Waals surface area contributed by atoms with Gasteiger partial charge in [0.25, 0.3) is 0 Å². The second-order valence-corrected chi connectivity index (χ2v) is 5.72. The number of rotatable bonds is 3. The second-order valence-electron chi connectivity index (χ2n) is 5.72. The highest BCUT2D eigenvalue weighted by Gasteiger charge is 2.26. The number of amides is 1. The second kappa shape index (κ2) is 6.29. The Balaban J connectivity index is 1.97. The van der Waals surface area contributed by atoms with Crippen LogP contribution in [0.1, 0.15) is 30.2 Å². The molecule has 1 aromatic heterocycles. The summed E-state index contributed by atoms with van der Waals surface area (Å²) < 4.78 is 5.41. The molecule has 6 nitrogen and oxygen atoms in total. The number of nitrogens with one attached hydrogen (secondary N) is 1. The Morgan fingerprint density at radius 2 is 2.29 bits per heavy atom. The number of aryl methyl sites for hydroxylation is 1. The van der Waals surface area contributed by atoms with E-state index in [1.165, 1.54) is 0 Å². The molecule has 1 saturated heterocycles. The van der Waals surface area contributed by atoms with E-state index in [0.717, 1.165) is 18.5 Å². The predicted molar refractivity (Wildman–Crippen MR) is 77.8 cm³/mol. The molecule has 2 unspecified atom stereocenters. The van der Waals surface area contributed by atoms with E-state index in [9.17, 15) is 9.90 Å². The van der Waals surface area contributed by atoms with Crippen LogP contribution < -0.4 is 5.32 Å². The van der Waals surface area contributed by atoms with Gasteiger partial charge in [0.15, 0.2) is 0 Å². The predicted octanol–water partition coefficient (Wildman–Crippen LogP) is 1.41. The fraction of sp³-hybridized carbons (Fsp3) is 0.600. The largest absolute Gasteiger partial charge is 0.444 e. The lowest BCUT2D eigenvalue weighted by molar-refractivity contribution is -0.118. The van der Waals surface area contributed by atoms with Gasteiger partial charge in [-0.2, -0.15) is 5.26 Å². The lowest BCUT2D eigenvalue weighted by atomic mass is 9.96. The summed E-state index contributed by atoms with van der Waals surface area (Å²) in [4.78, 5) is 14.0. The van der Waals surface area contributed by atoms with Gasteiger partial charge < -0.3 is 9.52 Å². The molecule has 1 aliphatic heterocycles. The topological polar surface area (TPSA) is 89.5 Å². The minimum atomic E-state index is -0.394. The molecular weight excluding hydrogens is 270 g/mol. The maximum atomic E-state index is 12.1. The van der Waals surface area contributed by atoms with Gasteiger partial charge in [0.1, 0.15) is 17.4 Å². The van der Waals surface area contributed by atoms with Crippen LogP contribution in [0.2, 0.25) is 0 Å². The molecule has 2 atom stereocenters. The number of carbonyl (C=O) groups is 1. The molecule has 0 aliphatic carbocycles. The minimum Gasteiger partial charge on any atom is -0.444 e. The zero-order valence-corrected chi connectivity index (χ0v) is 12.6. The smallest absolute Gasteiger partial charge is 0.240 e. The highest BCUT2D eigenvalue weighted by molar-refractivity contribution is 5.92. The quantitative estimate of drug-likeness (QED) is 0.879.